The van der Waals surface area contributed by atoms with Gasteiger partial charge in [0.15, 0.2) is 9.84 Å². The zero-order chi connectivity index (χ0) is 18.0. The van der Waals surface area contributed by atoms with E-state index in [1.54, 1.807) is 35.5 Å². The minimum Gasteiger partial charge on any atom is -0.306 e. The molecule has 0 aliphatic heterocycles. The van der Waals surface area contributed by atoms with Gasteiger partial charge >= 0.3 is 0 Å². The monoisotopic (exact) mass is 346 g/mol. The number of carbonyl (C=O) groups is 1. The average Bonchev–Trinajstić information content (AvgIpc) is 2.51. The number of hydrogen-bond acceptors (Lipinski definition) is 4. The second-order valence-corrected chi connectivity index (χ2v) is 8.98. The van der Waals surface area contributed by atoms with Gasteiger partial charge in [-0.2, -0.15) is 0 Å². The van der Waals surface area contributed by atoms with Gasteiger partial charge in [0.05, 0.1) is 16.8 Å². The van der Waals surface area contributed by atoms with E-state index < -0.39 is 9.84 Å². The van der Waals surface area contributed by atoms with Crippen LogP contribution >= 0.6 is 0 Å². The van der Waals surface area contributed by atoms with Crippen molar-refractivity contribution < 1.29 is 13.2 Å². The molecule has 0 atom stereocenters. The maximum atomic E-state index is 13.0. The number of sulfone groups is 1. The van der Waals surface area contributed by atoms with Crippen molar-refractivity contribution in [3.8, 4) is 0 Å². The van der Waals surface area contributed by atoms with Crippen LogP contribution in [0.25, 0.3) is 0 Å². The Kier molecular flexibility index (Phi) is 5.08. The summed E-state index contributed by atoms with van der Waals surface area (Å²) in [4.78, 5) is 18.9. The van der Waals surface area contributed by atoms with Gasteiger partial charge in [0, 0.05) is 24.6 Å². The molecule has 0 fully saturated rings. The largest absolute Gasteiger partial charge is 0.306 e. The first-order valence-electron chi connectivity index (χ1n) is 7.60. The number of pyridine rings is 1. The Balaban J connectivity index is 2.45. The van der Waals surface area contributed by atoms with Crippen molar-refractivity contribution in [2.75, 3.05) is 17.7 Å². The standard InChI is InChI=1S/C18H22N2O3S/c1-18(2,3)13-20(15-8-6-10-19-12-15)17(21)14-7-5-9-16(11-14)24(4,22)23/h5-12H,13H2,1-4H3. The minimum atomic E-state index is -3.37. The Morgan fingerprint density at radius 3 is 2.42 bits per heavy atom. The molecule has 5 nitrogen and oxygen atoms in total. The lowest BCUT2D eigenvalue weighted by Gasteiger charge is -2.30. The van der Waals surface area contributed by atoms with E-state index in [0.717, 1.165) is 6.26 Å². The summed E-state index contributed by atoms with van der Waals surface area (Å²) in [7, 11) is -3.37. The summed E-state index contributed by atoms with van der Waals surface area (Å²) in [6.07, 6.45) is 4.40. The smallest absolute Gasteiger partial charge is 0.258 e. The van der Waals surface area contributed by atoms with Crippen molar-refractivity contribution in [3.63, 3.8) is 0 Å². The summed E-state index contributed by atoms with van der Waals surface area (Å²) in [5, 5.41) is 0. The summed E-state index contributed by atoms with van der Waals surface area (Å²) in [6.45, 7) is 6.60. The van der Waals surface area contributed by atoms with Gasteiger partial charge in [0.2, 0.25) is 0 Å². The van der Waals surface area contributed by atoms with E-state index in [0.29, 0.717) is 17.8 Å². The van der Waals surface area contributed by atoms with E-state index in [2.05, 4.69) is 4.98 Å². The van der Waals surface area contributed by atoms with Crippen LogP contribution in [-0.2, 0) is 9.84 Å². The molecule has 0 bridgehead atoms. The number of aromatic nitrogens is 1. The second kappa shape index (κ2) is 6.73. The molecule has 2 rings (SSSR count). The van der Waals surface area contributed by atoms with Crippen molar-refractivity contribution in [2.24, 2.45) is 5.41 Å². The van der Waals surface area contributed by atoms with Crippen LogP contribution in [0.5, 0.6) is 0 Å². The molecule has 0 radical (unpaired) electrons. The minimum absolute atomic E-state index is 0.125. The van der Waals surface area contributed by atoms with E-state index >= 15 is 0 Å². The lowest BCUT2D eigenvalue weighted by Crippen LogP contribution is -2.38. The first kappa shape index (κ1) is 18.1. The SMILES string of the molecule is CC(C)(C)CN(C(=O)c1cccc(S(C)(=O)=O)c1)c1cccnc1. The van der Waals surface area contributed by atoms with E-state index in [4.69, 9.17) is 0 Å². The zero-order valence-electron chi connectivity index (χ0n) is 14.4. The van der Waals surface area contributed by atoms with Crippen LogP contribution in [0.15, 0.2) is 53.7 Å². The van der Waals surface area contributed by atoms with Crippen LogP contribution in [0.3, 0.4) is 0 Å². The number of rotatable bonds is 4. The molecule has 0 unspecified atom stereocenters. The van der Waals surface area contributed by atoms with Crippen molar-refractivity contribution in [1.82, 2.24) is 4.98 Å². The molecule has 0 aliphatic carbocycles. The fourth-order valence-electron chi connectivity index (χ4n) is 2.28. The van der Waals surface area contributed by atoms with Gasteiger partial charge in [-0.25, -0.2) is 8.42 Å². The summed E-state index contributed by atoms with van der Waals surface area (Å²) in [5.41, 5.74) is 0.896. The van der Waals surface area contributed by atoms with Gasteiger partial charge in [-0.15, -0.1) is 0 Å². The Bertz CT molecular complexity index is 825. The van der Waals surface area contributed by atoms with Gasteiger partial charge in [-0.3, -0.25) is 9.78 Å². The number of nitrogens with zero attached hydrogens (tertiary/aromatic N) is 2. The number of hydrogen-bond donors (Lipinski definition) is 0. The van der Waals surface area contributed by atoms with Crippen molar-refractivity contribution in [3.05, 3.63) is 54.4 Å². The topological polar surface area (TPSA) is 67.3 Å². The number of benzene rings is 1. The number of amides is 1. The molecule has 1 aromatic heterocycles. The molecule has 1 aromatic carbocycles. The van der Waals surface area contributed by atoms with E-state index in [1.165, 1.54) is 12.1 Å². The van der Waals surface area contributed by atoms with Crippen LogP contribution in [-0.4, -0.2) is 32.1 Å². The van der Waals surface area contributed by atoms with Crippen LogP contribution in [0, 0.1) is 5.41 Å². The third-order valence-electron chi connectivity index (χ3n) is 3.34. The quantitative estimate of drug-likeness (QED) is 0.853. The van der Waals surface area contributed by atoms with Gasteiger partial charge < -0.3 is 4.90 Å². The Morgan fingerprint density at radius 1 is 1.17 bits per heavy atom. The molecule has 1 amide bonds. The summed E-state index contributed by atoms with van der Waals surface area (Å²) >= 11 is 0. The maximum absolute atomic E-state index is 13.0. The van der Waals surface area contributed by atoms with Gasteiger partial charge in [-0.05, 0) is 35.7 Å². The third-order valence-corrected chi connectivity index (χ3v) is 4.45. The van der Waals surface area contributed by atoms with Crippen molar-refractivity contribution in [2.45, 2.75) is 25.7 Å². The summed E-state index contributed by atoms with van der Waals surface area (Å²) < 4.78 is 23.5. The van der Waals surface area contributed by atoms with Gasteiger partial charge in [0.25, 0.3) is 5.91 Å². The van der Waals surface area contributed by atoms with Crippen LogP contribution in [0.1, 0.15) is 31.1 Å². The Labute approximate surface area is 143 Å². The van der Waals surface area contributed by atoms with E-state index in [-0.39, 0.29) is 16.2 Å². The molecule has 2 aromatic rings. The fraction of sp³-hybridized carbons (Fsp3) is 0.333. The highest BCUT2D eigenvalue weighted by molar-refractivity contribution is 7.90. The first-order valence-corrected chi connectivity index (χ1v) is 9.49. The van der Waals surface area contributed by atoms with Gasteiger partial charge in [-0.1, -0.05) is 26.8 Å². The molecule has 0 N–H and O–H groups in total. The predicted molar refractivity (Wildman–Crippen MR) is 94.9 cm³/mol. The second-order valence-electron chi connectivity index (χ2n) is 6.96. The molecule has 1 heterocycles. The molecule has 0 saturated heterocycles. The predicted octanol–water partition coefficient (Wildman–Crippen LogP) is 3.18. The molecular formula is C18H22N2O3S. The lowest BCUT2D eigenvalue weighted by atomic mass is 9.95. The molecule has 0 saturated carbocycles. The van der Waals surface area contributed by atoms with E-state index in [9.17, 15) is 13.2 Å². The van der Waals surface area contributed by atoms with Crippen LogP contribution < -0.4 is 4.90 Å². The summed E-state index contributed by atoms with van der Waals surface area (Å²) in [6, 6.07) is 9.71. The highest BCUT2D eigenvalue weighted by Gasteiger charge is 2.24. The molecule has 24 heavy (non-hydrogen) atoms. The first-order chi connectivity index (χ1) is 11.1. The lowest BCUT2D eigenvalue weighted by molar-refractivity contribution is 0.0977. The average molecular weight is 346 g/mol. The fourth-order valence-corrected chi connectivity index (χ4v) is 2.95. The number of anilines is 1. The third kappa shape index (κ3) is 4.64. The molecule has 0 spiro atoms. The number of carbonyl (C=O) groups excluding carboxylic acids is 1. The van der Waals surface area contributed by atoms with Crippen LogP contribution in [0.4, 0.5) is 5.69 Å². The normalized spacial score (nSPS) is 12.0. The van der Waals surface area contributed by atoms with Crippen LogP contribution in [0.2, 0.25) is 0 Å². The molecule has 0 aliphatic rings. The highest BCUT2D eigenvalue weighted by Crippen LogP contribution is 2.24. The Hall–Kier alpha value is -2.21. The van der Waals surface area contributed by atoms with Crippen molar-refractivity contribution >= 4 is 21.4 Å². The molecule has 128 valence electrons. The summed E-state index contributed by atoms with van der Waals surface area (Å²) in [5.74, 6) is -0.247. The maximum Gasteiger partial charge on any atom is 0.258 e. The molecular weight excluding hydrogens is 324 g/mol. The van der Waals surface area contributed by atoms with Gasteiger partial charge in [0.1, 0.15) is 0 Å². The zero-order valence-corrected chi connectivity index (χ0v) is 15.2. The molecule has 6 heteroatoms. The highest BCUT2D eigenvalue weighted by atomic mass is 32.2. The Morgan fingerprint density at radius 2 is 1.88 bits per heavy atom. The van der Waals surface area contributed by atoms with E-state index in [1.807, 2.05) is 26.8 Å². The van der Waals surface area contributed by atoms with Crippen molar-refractivity contribution in [1.29, 1.82) is 0 Å².